The lowest BCUT2D eigenvalue weighted by molar-refractivity contribution is -0.127. The Labute approximate surface area is 212 Å². The first-order chi connectivity index (χ1) is 17.5. The molecule has 0 saturated carbocycles. The van der Waals surface area contributed by atoms with Gasteiger partial charge < -0.3 is 20.3 Å². The number of benzene rings is 1. The number of ether oxygens (including phenoxy) is 1. The molecule has 3 aromatic heterocycles. The number of nitrogens with zero attached hydrogens (tertiary/aromatic N) is 6. The van der Waals surface area contributed by atoms with Crippen LogP contribution >= 0.6 is 11.6 Å². The molecule has 4 heterocycles. The Morgan fingerprint density at radius 1 is 1.39 bits per heavy atom. The summed E-state index contributed by atoms with van der Waals surface area (Å²) >= 11 is 6.35. The minimum Gasteiger partial charge on any atom is -0.497 e. The monoisotopic (exact) mass is 507 g/mol. The normalized spacial score (nSPS) is 15.6. The third-order valence-electron chi connectivity index (χ3n) is 5.99. The average Bonchev–Trinajstić information content (AvgIpc) is 3.49. The summed E-state index contributed by atoms with van der Waals surface area (Å²) in [6.07, 6.45) is 6.69. The van der Waals surface area contributed by atoms with E-state index in [2.05, 4.69) is 42.5 Å². The van der Waals surface area contributed by atoms with Crippen molar-refractivity contribution in [3.05, 3.63) is 60.0 Å². The average molecular weight is 508 g/mol. The predicted molar refractivity (Wildman–Crippen MR) is 138 cm³/mol. The van der Waals surface area contributed by atoms with Crippen LogP contribution in [0.4, 0.5) is 17.5 Å². The van der Waals surface area contributed by atoms with Crippen molar-refractivity contribution >= 4 is 46.0 Å². The second kappa shape index (κ2) is 10.2. The number of hydrogen-bond acceptors (Lipinski definition) is 8. The third kappa shape index (κ3) is 5.10. The number of halogens is 1. The highest BCUT2D eigenvalue weighted by atomic mass is 35.5. The maximum atomic E-state index is 12.1. The minimum atomic E-state index is -0.0796. The van der Waals surface area contributed by atoms with E-state index in [9.17, 15) is 4.79 Å². The van der Waals surface area contributed by atoms with Gasteiger partial charge in [0.2, 0.25) is 11.9 Å². The van der Waals surface area contributed by atoms with E-state index in [4.69, 9.17) is 16.3 Å². The van der Waals surface area contributed by atoms with Gasteiger partial charge >= 0.3 is 0 Å². The number of rotatable bonds is 8. The minimum absolute atomic E-state index is 0.00480. The number of aromatic amines is 1. The summed E-state index contributed by atoms with van der Waals surface area (Å²) < 4.78 is 7.11. The van der Waals surface area contributed by atoms with Gasteiger partial charge in [0.15, 0.2) is 5.65 Å². The quantitative estimate of drug-likeness (QED) is 0.309. The van der Waals surface area contributed by atoms with Crippen LogP contribution in [0, 0.1) is 0 Å². The highest BCUT2D eigenvalue weighted by Crippen LogP contribution is 2.29. The number of amides is 1. The molecule has 5 rings (SSSR count). The zero-order chi connectivity index (χ0) is 25.1. The van der Waals surface area contributed by atoms with Crippen LogP contribution in [0.3, 0.4) is 0 Å². The molecular weight excluding hydrogens is 482 g/mol. The van der Waals surface area contributed by atoms with Gasteiger partial charge in [0, 0.05) is 25.3 Å². The van der Waals surface area contributed by atoms with Gasteiger partial charge in [-0.1, -0.05) is 30.3 Å². The van der Waals surface area contributed by atoms with Crippen LogP contribution in [0.2, 0.25) is 5.15 Å². The van der Waals surface area contributed by atoms with Crippen molar-refractivity contribution in [3.8, 4) is 5.75 Å². The summed E-state index contributed by atoms with van der Waals surface area (Å²) in [4.78, 5) is 23.0. The fraction of sp³-hybridized carbons (Fsp3) is 0.292. The van der Waals surface area contributed by atoms with Gasteiger partial charge in [0.05, 0.1) is 25.5 Å². The van der Waals surface area contributed by atoms with Gasteiger partial charge in [-0.25, -0.2) is 0 Å². The zero-order valence-corrected chi connectivity index (χ0v) is 20.5. The molecule has 0 radical (unpaired) electrons. The fourth-order valence-corrected chi connectivity index (χ4v) is 4.49. The summed E-state index contributed by atoms with van der Waals surface area (Å²) in [5, 5.41) is 19.0. The summed E-state index contributed by atoms with van der Waals surface area (Å²) in [6.45, 7) is 5.43. The Hall–Kier alpha value is -4.12. The van der Waals surface area contributed by atoms with Crippen LogP contribution in [-0.4, -0.2) is 67.0 Å². The molecule has 12 heteroatoms. The number of anilines is 3. The molecule has 1 atom stereocenters. The summed E-state index contributed by atoms with van der Waals surface area (Å²) in [7, 11) is 1.65. The number of fused-ring (bicyclic) bond motifs is 1. The lowest BCUT2D eigenvalue weighted by Gasteiger charge is -2.32. The highest BCUT2D eigenvalue weighted by molar-refractivity contribution is 6.35. The van der Waals surface area contributed by atoms with Gasteiger partial charge in [-0.05, 0) is 36.6 Å². The number of hydrogen-bond donors (Lipinski definition) is 3. The number of piperidine rings is 1. The van der Waals surface area contributed by atoms with E-state index in [1.165, 1.54) is 6.08 Å². The van der Waals surface area contributed by atoms with Crippen molar-refractivity contribution in [2.75, 3.05) is 30.8 Å². The lowest BCUT2D eigenvalue weighted by Crippen LogP contribution is -2.44. The molecule has 1 amide bonds. The molecule has 1 saturated heterocycles. The van der Waals surface area contributed by atoms with E-state index < -0.39 is 0 Å². The van der Waals surface area contributed by atoms with E-state index in [1.54, 1.807) is 18.2 Å². The standard InChI is InChI=1S/C24H26ClN9O2/c1-3-19(35)33-9-5-7-16(13-33)27-22-20-21(25)31-32-23(20)30-24(29-22)28-17-11-26-34(14-17)12-15-6-4-8-18(10-15)36-2/h3-4,6,8,10-11,14,16H,1,5,7,9,12-13H2,2H3,(H3,27,28,29,30,31,32)/t16-/m1/s1. The lowest BCUT2D eigenvalue weighted by atomic mass is 10.1. The molecule has 186 valence electrons. The highest BCUT2D eigenvalue weighted by Gasteiger charge is 2.24. The SMILES string of the molecule is C=CC(=O)N1CCC[C@@H](Nc2nc(Nc3cnn(Cc4cccc(OC)c4)c3)nc3n[nH]c(Cl)c23)C1. The van der Waals surface area contributed by atoms with Crippen molar-refractivity contribution < 1.29 is 9.53 Å². The van der Waals surface area contributed by atoms with Gasteiger partial charge in [-0.2, -0.15) is 20.2 Å². The maximum Gasteiger partial charge on any atom is 0.246 e. The molecule has 0 aliphatic carbocycles. The molecule has 1 fully saturated rings. The Bertz CT molecular complexity index is 1400. The number of methoxy groups -OCH3 is 1. The zero-order valence-electron chi connectivity index (χ0n) is 19.7. The predicted octanol–water partition coefficient (Wildman–Crippen LogP) is 3.59. The van der Waals surface area contributed by atoms with Crippen LogP contribution in [0.5, 0.6) is 5.75 Å². The molecule has 0 bridgehead atoms. The van der Waals surface area contributed by atoms with Crippen molar-refractivity contribution in [2.45, 2.75) is 25.4 Å². The number of carbonyl (C=O) groups is 1. The Balaban J connectivity index is 1.35. The molecular formula is C24H26ClN9O2. The van der Waals surface area contributed by atoms with Crippen molar-refractivity contribution in [1.29, 1.82) is 0 Å². The van der Waals surface area contributed by atoms with E-state index in [1.807, 2.05) is 35.1 Å². The molecule has 4 aromatic rings. The van der Waals surface area contributed by atoms with E-state index in [-0.39, 0.29) is 11.9 Å². The summed E-state index contributed by atoms with van der Waals surface area (Å²) in [5.74, 6) is 1.61. The summed E-state index contributed by atoms with van der Waals surface area (Å²) in [5.41, 5.74) is 2.22. The number of nitrogens with one attached hydrogen (secondary N) is 3. The first-order valence-corrected chi connectivity index (χ1v) is 11.9. The second-order valence-electron chi connectivity index (χ2n) is 8.51. The van der Waals surface area contributed by atoms with E-state index in [0.717, 1.165) is 29.8 Å². The smallest absolute Gasteiger partial charge is 0.246 e. The molecule has 36 heavy (non-hydrogen) atoms. The van der Waals surface area contributed by atoms with E-state index >= 15 is 0 Å². The van der Waals surface area contributed by atoms with Crippen LogP contribution < -0.4 is 15.4 Å². The number of carbonyl (C=O) groups excluding carboxylic acids is 1. The van der Waals surface area contributed by atoms with Crippen LogP contribution in [0.15, 0.2) is 49.3 Å². The molecule has 1 aromatic carbocycles. The van der Waals surface area contributed by atoms with Gasteiger partial charge in [-0.15, -0.1) is 0 Å². The van der Waals surface area contributed by atoms with Crippen LogP contribution in [0.25, 0.3) is 11.0 Å². The molecule has 11 nitrogen and oxygen atoms in total. The molecule has 3 N–H and O–H groups in total. The number of H-pyrrole nitrogens is 1. The molecule has 1 aliphatic rings. The van der Waals surface area contributed by atoms with Crippen LogP contribution in [0.1, 0.15) is 18.4 Å². The Kier molecular flexibility index (Phi) is 6.72. The largest absolute Gasteiger partial charge is 0.497 e. The Morgan fingerprint density at radius 3 is 3.11 bits per heavy atom. The fourth-order valence-electron chi connectivity index (χ4n) is 4.27. The summed E-state index contributed by atoms with van der Waals surface area (Å²) in [6, 6.07) is 7.85. The first kappa shape index (κ1) is 23.6. The van der Waals surface area contributed by atoms with Crippen molar-refractivity contribution in [3.63, 3.8) is 0 Å². The van der Waals surface area contributed by atoms with Crippen LogP contribution in [-0.2, 0) is 11.3 Å². The Morgan fingerprint density at radius 2 is 2.28 bits per heavy atom. The molecule has 0 unspecified atom stereocenters. The van der Waals surface area contributed by atoms with Gasteiger partial charge in [0.1, 0.15) is 22.1 Å². The third-order valence-corrected chi connectivity index (χ3v) is 6.26. The second-order valence-corrected chi connectivity index (χ2v) is 8.88. The van der Waals surface area contributed by atoms with Crippen molar-refractivity contribution in [1.82, 2.24) is 34.8 Å². The molecule has 1 aliphatic heterocycles. The maximum absolute atomic E-state index is 12.1. The van der Waals surface area contributed by atoms with Gasteiger partial charge in [0.25, 0.3) is 0 Å². The van der Waals surface area contributed by atoms with E-state index in [0.29, 0.717) is 47.6 Å². The number of aromatic nitrogens is 6. The van der Waals surface area contributed by atoms with Gasteiger partial charge in [-0.3, -0.25) is 14.6 Å². The topological polar surface area (TPSA) is 126 Å². The first-order valence-electron chi connectivity index (χ1n) is 11.5. The molecule has 0 spiro atoms. The van der Waals surface area contributed by atoms with Crippen molar-refractivity contribution in [2.24, 2.45) is 0 Å². The number of likely N-dealkylation sites (tertiary alicyclic amines) is 1.